The molecule has 2 nitrogen and oxygen atoms in total. The Morgan fingerprint density at radius 2 is 2.23 bits per heavy atom. The van der Waals surface area contributed by atoms with Gasteiger partial charge in [-0.15, -0.1) is 6.58 Å². The first-order chi connectivity index (χ1) is 6.20. The first-order valence-electron chi connectivity index (χ1n) is 5.07. The minimum absolute atomic E-state index is 0.488. The highest BCUT2D eigenvalue weighted by Crippen LogP contribution is 2.04. The molecule has 1 unspecified atom stereocenters. The summed E-state index contributed by atoms with van der Waals surface area (Å²) in [6, 6.07) is 0.488. The van der Waals surface area contributed by atoms with Crippen LogP contribution >= 0.6 is 0 Å². The van der Waals surface area contributed by atoms with Gasteiger partial charge in [0.25, 0.3) is 0 Å². The third-order valence-corrected chi connectivity index (χ3v) is 1.97. The summed E-state index contributed by atoms with van der Waals surface area (Å²) in [7, 11) is 1.75. The van der Waals surface area contributed by atoms with Gasteiger partial charge in [-0.3, -0.25) is 0 Å². The van der Waals surface area contributed by atoms with Gasteiger partial charge in [0.2, 0.25) is 0 Å². The molecule has 1 N–H and O–H groups in total. The Hall–Kier alpha value is -0.340. The fourth-order valence-corrected chi connectivity index (χ4v) is 1.21. The van der Waals surface area contributed by atoms with Gasteiger partial charge in [-0.25, -0.2) is 0 Å². The zero-order chi connectivity index (χ0) is 10.1. The molecule has 0 aromatic carbocycles. The summed E-state index contributed by atoms with van der Waals surface area (Å²) < 4.78 is 5.14. The van der Waals surface area contributed by atoms with E-state index >= 15 is 0 Å². The maximum atomic E-state index is 5.14. The summed E-state index contributed by atoms with van der Waals surface area (Å²) >= 11 is 0. The van der Waals surface area contributed by atoms with Crippen LogP contribution in [0.2, 0.25) is 0 Å². The number of rotatable bonds is 8. The van der Waals surface area contributed by atoms with E-state index in [1.54, 1.807) is 7.11 Å². The molecule has 0 fully saturated rings. The van der Waals surface area contributed by atoms with E-state index in [0.29, 0.717) is 6.04 Å². The fraction of sp³-hybridized carbons (Fsp3) is 0.818. The smallest absolute Gasteiger partial charge is 0.0615 e. The van der Waals surface area contributed by atoms with Gasteiger partial charge >= 0.3 is 0 Å². The van der Waals surface area contributed by atoms with Crippen molar-refractivity contribution in [2.24, 2.45) is 0 Å². The molecule has 0 aliphatic rings. The summed E-state index contributed by atoms with van der Waals surface area (Å²) in [5, 5.41) is 3.46. The van der Waals surface area contributed by atoms with Crippen molar-refractivity contribution < 1.29 is 4.74 Å². The van der Waals surface area contributed by atoms with Gasteiger partial charge in [0.05, 0.1) is 6.61 Å². The second-order valence-electron chi connectivity index (χ2n) is 3.60. The van der Waals surface area contributed by atoms with Crippen LogP contribution in [0.25, 0.3) is 0 Å². The third kappa shape index (κ3) is 8.00. The molecule has 0 amide bonds. The summed E-state index contributed by atoms with van der Waals surface area (Å²) in [4.78, 5) is 0. The molecule has 0 rings (SSSR count). The SMILES string of the molecule is C=C(C)CCC(COC)NCCC. The normalized spacial score (nSPS) is 12.8. The maximum absolute atomic E-state index is 5.14. The lowest BCUT2D eigenvalue weighted by Gasteiger charge is -2.17. The topological polar surface area (TPSA) is 21.3 Å². The van der Waals surface area contributed by atoms with Crippen molar-refractivity contribution in [1.82, 2.24) is 5.32 Å². The van der Waals surface area contributed by atoms with E-state index in [1.807, 2.05) is 0 Å². The Morgan fingerprint density at radius 1 is 1.54 bits per heavy atom. The molecule has 0 aliphatic carbocycles. The predicted molar refractivity (Wildman–Crippen MR) is 58.0 cm³/mol. The summed E-state index contributed by atoms with van der Waals surface area (Å²) in [5.74, 6) is 0. The molecule has 13 heavy (non-hydrogen) atoms. The van der Waals surface area contributed by atoms with Crippen molar-refractivity contribution in [3.05, 3.63) is 12.2 Å². The van der Waals surface area contributed by atoms with Gasteiger partial charge in [-0.2, -0.15) is 0 Å². The molecule has 0 aliphatic heterocycles. The Bertz CT molecular complexity index is 134. The largest absolute Gasteiger partial charge is 0.383 e. The molecule has 0 bridgehead atoms. The fourth-order valence-electron chi connectivity index (χ4n) is 1.21. The van der Waals surface area contributed by atoms with Crippen LogP contribution in [0.15, 0.2) is 12.2 Å². The minimum Gasteiger partial charge on any atom is -0.383 e. The third-order valence-electron chi connectivity index (χ3n) is 1.97. The van der Waals surface area contributed by atoms with Crippen molar-refractivity contribution in [3.8, 4) is 0 Å². The Kier molecular flexibility index (Phi) is 8.05. The van der Waals surface area contributed by atoms with E-state index < -0.39 is 0 Å². The van der Waals surface area contributed by atoms with Crippen LogP contribution in [0.3, 0.4) is 0 Å². The molecular formula is C11H23NO. The van der Waals surface area contributed by atoms with E-state index in [2.05, 4.69) is 25.7 Å². The van der Waals surface area contributed by atoms with Gasteiger partial charge in [0.15, 0.2) is 0 Å². The van der Waals surface area contributed by atoms with Crippen molar-refractivity contribution in [2.75, 3.05) is 20.3 Å². The van der Waals surface area contributed by atoms with Crippen molar-refractivity contribution >= 4 is 0 Å². The molecule has 0 saturated carbocycles. The summed E-state index contributed by atoms with van der Waals surface area (Å²) in [6.45, 7) is 10.0. The average Bonchev–Trinajstić information content (AvgIpc) is 2.09. The Morgan fingerprint density at radius 3 is 2.69 bits per heavy atom. The number of methoxy groups -OCH3 is 1. The molecule has 0 heterocycles. The van der Waals surface area contributed by atoms with Crippen molar-refractivity contribution in [1.29, 1.82) is 0 Å². The molecule has 0 spiro atoms. The molecule has 1 atom stereocenters. The molecule has 78 valence electrons. The monoisotopic (exact) mass is 185 g/mol. The maximum Gasteiger partial charge on any atom is 0.0615 e. The van der Waals surface area contributed by atoms with Crippen LogP contribution in [0.1, 0.15) is 33.1 Å². The lowest BCUT2D eigenvalue weighted by molar-refractivity contribution is 0.162. The van der Waals surface area contributed by atoms with E-state index in [4.69, 9.17) is 4.74 Å². The average molecular weight is 185 g/mol. The van der Waals surface area contributed by atoms with Gasteiger partial charge < -0.3 is 10.1 Å². The first kappa shape index (κ1) is 12.7. The van der Waals surface area contributed by atoms with E-state index in [0.717, 1.165) is 26.0 Å². The van der Waals surface area contributed by atoms with Crippen LogP contribution in [0.5, 0.6) is 0 Å². The van der Waals surface area contributed by atoms with E-state index in [-0.39, 0.29) is 0 Å². The zero-order valence-electron chi connectivity index (χ0n) is 9.23. The van der Waals surface area contributed by atoms with Crippen molar-refractivity contribution in [3.63, 3.8) is 0 Å². The van der Waals surface area contributed by atoms with E-state index in [1.165, 1.54) is 12.0 Å². The molecule has 0 aromatic heterocycles. The number of nitrogens with one attached hydrogen (secondary N) is 1. The highest BCUT2D eigenvalue weighted by molar-refractivity contribution is 4.89. The second kappa shape index (κ2) is 8.27. The number of allylic oxidation sites excluding steroid dienone is 1. The van der Waals surface area contributed by atoms with E-state index in [9.17, 15) is 0 Å². The number of hydrogen-bond acceptors (Lipinski definition) is 2. The lowest BCUT2D eigenvalue weighted by Crippen LogP contribution is -2.33. The van der Waals surface area contributed by atoms with Crippen LogP contribution in [0, 0.1) is 0 Å². The number of ether oxygens (including phenoxy) is 1. The molecule has 2 heteroatoms. The number of hydrogen-bond donors (Lipinski definition) is 1. The molecule has 0 saturated heterocycles. The standard InChI is InChI=1S/C11H23NO/c1-5-8-12-11(9-13-4)7-6-10(2)3/h11-12H,2,5-9H2,1,3-4H3. The molecular weight excluding hydrogens is 162 g/mol. The minimum atomic E-state index is 0.488. The van der Waals surface area contributed by atoms with Crippen LogP contribution in [-0.4, -0.2) is 26.3 Å². The van der Waals surface area contributed by atoms with Gasteiger partial charge in [-0.05, 0) is 32.7 Å². The van der Waals surface area contributed by atoms with Crippen LogP contribution < -0.4 is 5.32 Å². The predicted octanol–water partition coefficient (Wildman–Crippen LogP) is 2.36. The summed E-state index contributed by atoms with van der Waals surface area (Å²) in [6.07, 6.45) is 3.39. The quantitative estimate of drug-likeness (QED) is 0.586. The highest BCUT2D eigenvalue weighted by Gasteiger charge is 2.06. The van der Waals surface area contributed by atoms with Gasteiger partial charge in [0, 0.05) is 13.2 Å². The summed E-state index contributed by atoms with van der Waals surface area (Å²) in [5.41, 5.74) is 1.25. The second-order valence-corrected chi connectivity index (χ2v) is 3.60. The lowest BCUT2D eigenvalue weighted by atomic mass is 10.1. The van der Waals surface area contributed by atoms with Gasteiger partial charge in [0.1, 0.15) is 0 Å². The highest BCUT2D eigenvalue weighted by atomic mass is 16.5. The zero-order valence-corrected chi connectivity index (χ0v) is 9.23. The van der Waals surface area contributed by atoms with Gasteiger partial charge in [-0.1, -0.05) is 12.5 Å². The van der Waals surface area contributed by atoms with Crippen LogP contribution in [0.4, 0.5) is 0 Å². The Balaban J connectivity index is 3.59. The van der Waals surface area contributed by atoms with Crippen molar-refractivity contribution in [2.45, 2.75) is 39.2 Å². The first-order valence-corrected chi connectivity index (χ1v) is 5.07. The molecule has 0 aromatic rings. The van der Waals surface area contributed by atoms with Crippen LogP contribution in [-0.2, 0) is 4.74 Å². The molecule has 0 radical (unpaired) electrons. The Labute approximate surface area is 82.4 Å².